The molecular weight excluding hydrogens is 426 g/mol. The van der Waals surface area contributed by atoms with Crippen LogP contribution in [0.3, 0.4) is 0 Å². The van der Waals surface area contributed by atoms with E-state index in [1.54, 1.807) is 16.5 Å². The minimum Gasteiger partial charge on any atom is -0.380 e. The average Bonchev–Trinajstić information content (AvgIpc) is 3.35. The molecule has 0 unspecified atom stereocenters. The number of morpholine rings is 1. The molecule has 0 bridgehead atoms. The van der Waals surface area contributed by atoms with Crippen molar-refractivity contribution in [2.24, 2.45) is 12.5 Å². The van der Waals surface area contributed by atoms with Crippen LogP contribution in [0.1, 0.15) is 26.4 Å². The number of rotatable bonds is 5. The van der Waals surface area contributed by atoms with E-state index in [9.17, 15) is 9.59 Å². The van der Waals surface area contributed by atoms with Gasteiger partial charge in [0.1, 0.15) is 5.69 Å². The number of carbonyl (C=O) groups excluding carboxylic acids is 2. The summed E-state index contributed by atoms with van der Waals surface area (Å²) < 4.78 is 13.9. The highest BCUT2D eigenvalue weighted by Crippen LogP contribution is 2.38. The first-order valence-corrected chi connectivity index (χ1v) is 11.1. The van der Waals surface area contributed by atoms with Crippen molar-refractivity contribution in [1.82, 2.24) is 29.3 Å². The van der Waals surface area contributed by atoms with E-state index in [0.29, 0.717) is 62.4 Å². The summed E-state index contributed by atoms with van der Waals surface area (Å²) in [5.74, 6) is 0.357. The molecule has 3 aliphatic rings. The van der Waals surface area contributed by atoms with E-state index in [0.717, 1.165) is 18.7 Å². The van der Waals surface area contributed by atoms with Crippen LogP contribution in [0.25, 0.3) is 5.65 Å². The fraction of sp³-hybridized carbons (Fsp3) is 0.500. The molecule has 0 N–H and O–H groups in total. The first-order chi connectivity index (χ1) is 16.0. The highest BCUT2D eigenvalue weighted by molar-refractivity contribution is 6.07. The summed E-state index contributed by atoms with van der Waals surface area (Å²) in [6.45, 7) is 5.57. The summed E-state index contributed by atoms with van der Waals surface area (Å²) in [5.41, 5.74) is 2.30. The summed E-state index contributed by atoms with van der Waals surface area (Å²) >= 11 is 0. The van der Waals surface area contributed by atoms with Crippen LogP contribution in [0.2, 0.25) is 0 Å². The van der Waals surface area contributed by atoms with Crippen molar-refractivity contribution in [2.45, 2.75) is 6.42 Å². The number of likely N-dealkylation sites (tertiary alicyclic amines) is 1. The number of aryl methyl sites for hydroxylation is 1. The minimum atomic E-state index is -0.155. The molecule has 3 aromatic heterocycles. The normalized spacial score (nSPS) is 19.5. The van der Waals surface area contributed by atoms with Gasteiger partial charge in [0, 0.05) is 45.8 Å². The van der Waals surface area contributed by atoms with E-state index in [1.165, 1.54) is 10.9 Å². The second kappa shape index (κ2) is 7.63. The maximum atomic E-state index is 13.2. The van der Waals surface area contributed by atoms with Crippen LogP contribution in [0.15, 0.2) is 24.5 Å². The van der Waals surface area contributed by atoms with Crippen molar-refractivity contribution >= 4 is 23.3 Å². The summed E-state index contributed by atoms with van der Waals surface area (Å²) in [5, 5.41) is 8.73. The molecule has 1 spiro atoms. The molecule has 3 aliphatic heterocycles. The lowest BCUT2D eigenvalue weighted by molar-refractivity contribution is -0.176. The van der Waals surface area contributed by atoms with Crippen LogP contribution in [-0.2, 0) is 22.9 Å². The van der Waals surface area contributed by atoms with Gasteiger partial charge in [0.05, 0.1) is 43.6 Å². The van der Waals surface area contributed by atoms with Gasteiger partial charge in [-0.15, -0.1) is 5.10 Å². The molecule has 6 rings (SSSR count). The number of fused-ring (bicyclic) bond motifs is 1. The molecule has 1 amide bonds. The smallest absolute Gasteiger partial charge is 0.257 e. The third kappa shape index (κ3) is 3.47. The van der Waals surface area contributed by atoms with Crippen molar-refractivity contribution in [3.63, 3.8) is 0 Å². The molecule has 6 heterocycles. The van der Waals surface area contributed by atoms with Crippen molar-refractivity contribution in [2.75, 3.05) is 57.5 Å². The van der Waals surface area contributed by atoms with Crippen molar-refractivity contribution in [3.05, 3.63) is 41.3 Å². The Morgan fingerprint density at radius 2 is 1.94 bits per heavy atom. The molecular formula is C22H25N7O4. The molecule has 0 atom stereocenters. The Hall–Kier alpha value is -3.31. The summed E-state index contributed by atoms with van der Waals surface area (Å²) in [7, 11) is 1.69. The van der Waals surface area contributed by atoms with Crippen molar-refractivity contribution < 1.29 is 19.1 Å². The van der Waals surface area contributed by atoms with E-state index in [-0.39, 0.29) is 23.5 Å². The molecule has 11 nitrogen and oxygen atoms in total. The zero-order valence-electron chi connectivity index (χ0n) is 18.4. The molecule has 3 fully saturated rings. The number of pyridine rings is 1. The van der Waals surface area contributed by atoms with Gasteiger partial charge in [-0.25, -0.2) is 4.52 Å². The first kappa shape index (κ1) is 20.3. The molecule has 0 saturated carbocycles. The third-order valence-corrected chi connectivity index (χ3v) is 6.64. The summed E-state index contributed by atoms with van der Waals surface area (Å²) in [4.78, 5) is 34.7. The monoisotopic (exact) mass is 451 g/mol. The number of hydrogen-bond donors (Lipinski definition) is 0. The Kier molecular flexibility index (Phi) is 4.70. The van der Waals surface area contributed by atoms with Gasteiger partial charge in [-0.1, -0.05) is 0 Å². The standard InChI is InChI=1S/C22H25N7O4/c1-26-19(16(10-23-26)20(31)28-11-22(12-28)13-33-14-22)17(30)8-15-2-3-29-18(9-15)24-21(25-29)27-4-6-32-7-5-27/h2-3,9-10H,4-8,11-14H2,1H3. The number of aromatic nitrogens is 5. The van der Waals surface area contributed by atoms with Gasteiger partial charge in [-0.2, -0.15) is 10.1 Å². The first-order valence-electron chi connectivity index (χ1n) is 11.1. The lowest BCUT2D eigenvalue weighted by Gasteiger charge is -2.54. The second-order valence-corrected chi connectivity index (χ2v) is 9.13. The molecule has 3 aromatic rings. The van der Waals surface area contributed by atoms with E-state index >= 15 is 0 Å². The topological polar surface area (TPSA) is 107 Å². The number of nitrogens with zero attached hydrogens (tertiary/aromatic N) is 7. The van der Waals surface area contributed by atoms with Crippen LogP contribution in [0.5, 0.6) is 0 Å². The maximum absolute atomic E-state index is 13.2. The molecule has 0 aromatic carbocycles. The maximum Gasteiger partial charge on any atom is 0.257 e. The number of ketones is 1. The lowest BCUT2D eigenvalue weighted by atomic mass is 9.77. The van der Waals surface area contributed by atoms with Crippen LogP contribution >= 0.6 is 0 Å². The molecule has 11 heteroatoms. The lowest BCUT2D eigenvalue weighted by Crippen LogP contribution is -2.67. The van der Waals surface area contributed by atoms with Crippen molar-refractivity contribution in [1.29, 1.82) is 0 Å². The Balaban J connectivity index is 1.19. The number of amides is 1. The van der Waals surface area contributed by atoms with E-state index in [1.807, 2.05) is 18.3 Å². The van der Waals surface area contributed by atoms with E-state index in [4.69, 9.17) is 9.47 Å². The average molecular weight is 451 g/mol. The van der Waals surface area contributed by atoms with Gasteiger partial charge in [-0.3, -0.25) is 14.3 Å². The van der Waals surface area contributed by atoms with Crippen LogP contribution in [0.4, 0.5) is 5.95 Å². The van der Waals surface area contributed by atoms with Gasteiger partial charge in [0.25, 0.3) is 5.91 Å². The number of anilines is 1. The second-order valence-electron chi connectivity index (χ2n) is 9.13. The number of Topliss-reactive ketones (excluding diaryl/α,β-unsaturated/α-hetero) is 1. The van der Waals surface area contributed by atoms with Gasteiger partial charge >= 0.3 is 0 Å². The molecule has 33 heavy (non-hydrogen) atoms. The molecule has 0 aliphatic carbocycles. The predicted molar refractivity (Wildman–Crippen MR) is 116 cm³/mol. The number of carbonyl (C=O) groups is 2. The quantitative estimate of drug-likeness (QED) is 0.507. The van der Waals surface area contributed by atoms with Gasteiger partial charge in [0.2, 0.25) is 5.95 Å². The zero-order chi connectivity index (χ0) is 22.6. The Morgan fingerprint density at radius 1 is 1.15 bits per heavy atom. The Labute approximate surface area is 189 Å². The number of hydrogen-bond acceptors (Lipinski definition) is 8. The Morgan fingerprint density at radius 3 is 2.67 bits per heavy atom. The summed E-state index contributed by atoms with van der Waals surface area (Å²) in [6, 6.07) is 3.72. The Bertz CT molecular complexity index is 1230. The van der Waals surface area contributed by atoms with Crippen LogP contribution in [-0.4, -0.2) is 93.6 Å². The van der Waals surface area contributed by atoms with Crippen LogP contribution < -0.4 is 4.90 Å². The van der Waals surface area contributed by atoms with Gasteiger partial charge in [-0.05, 0) is 17.7 Å². The van der Waals surface area contributed by atoms with Crippen molar-refractivity contribution in [3.8, 4) is 0 Å². The summed E-state index contributed by atoms with van der Waals surface area (Å²) in [6.07, 6.45) is 3.45. The largest absolute Gasteiger partial charge is 0.380 e. The zero-order valence-corrected chi connectivity index (χ0v) is 18.4. The SMILES string of the molecule is Cn1ncc(C(=O)N2CC3(COC3)C2)c1C(=O)Cc1ccn2nc(N3CCOCC3)nc2c1. The van der Waals surface area contributed by atoms with E-state index < -0.39 is 0 Å². The third-order valence-electron chi connectivity index (χ3n) is 6.64. The molecule has 172 valence electrons. The number of ether oxygens (including phenoxy) is 2. The fourth-order valence-electron chi connectivity index (χ4n) is 4.76. The predicted octanol–water partition coefficient (Wildman–Crippen LogP) is 0.197. The fourth-order valence-corrected chi connectivity index (χ4v) is 4.76. The van der Waals surface area contributed by atoms with Gasteiger partial charge in [0.15, 0.2) is 11.4 Å². The van der Waals surface area contributed by atoms with Gasteiger partial charge < -0.3 is 19.3 Å². The highest BCUT2D eigenvalue weighted by Gasteiger charge is 2.51. The molecule has 3 saturated heterocycles. The molecule has 0 radical (unpaired) electrons. The highest BCUT2D eigenvalue weighted by atomic mass is 16.5. The van der Waals surface area contributed by atoms with Crippen LogP contribution in [0, 0.1) is 5.41 Å². The van der Waals surface area contributed by atoms with E-state index in [2.05, 4.69) is 20.1 Å². The minimum absolute atomic E-state index is 0.121.